The second-order valence-corrected chi connectivity index (χ2v) is 3.52. The Hall–Kier alpha value is -1.33. The summed E-state index contributed by atoms with van der Waals surface area (Å²) in [5.41, 5.74) is 0.668. The number of hydrogen-bond donors (Lipinski definition) is 2. The van der Waals surface area contributed by atoms with Crippen molar-refractivity contribution in [2.75, 3.05) is 6.54 Å². The van der Waals surface area contributed by atoms with E-state index in [1.165, 1.54) is 6.07 Å². The van der Waals surface area contributed by atoms with Crippen LogP contribution in [0.2, 0.25) is 0 Å². The number of phenolic OH excluding ortho intramolecular Hbond substituents is 1. The van der Waals surface area contributed by atoms with Gasteiger partial charge in [-0.3, -0.25) is 0 Å². The second-order valence-electron chi connectivity index (χ2n) is 3.52. The number of benzene rings is 1. The molecule has 5 heteroatoms. The Morgan fingerprint density at radius 1 is 1.29 bits per heavy atom. The molecule has 0 aliphatic heterocycles. The average Bonchev–Trinajstić information content (AvgIpc) is 2.28. The molecule has 4 nitrogen and oxygen atoms in total. The minimum absolute atomic E-state index is 0. The summed E-state index contributed by atoms with van der Waals surface area (Å²) in [5, 5.41) is 13.6. The lowest BCUT2D eigenvalue weighted by molar-refractivity contribution is 0.461. The molecule has 92 valence electrons. The van der Waals surface area contributed by atoms with E-state index in [2.05, 4.69) is 5.32 Å². The molecule has 1 aromatic heterocycles. The SMILES string of the molecule is Br.CCNCc1c(O)ccc2ccc(=O)oc12. The summed E-state index contributed by atoms with van der Waals surface area (Å²) in [7, 11) is 0. The maximum atomic E-state index is 11.2. The highest BCUT2D eigenvalue weighted by atomic mass is 79.9. The van der Waals surface area contributed by atoms with Crippen molar-refractivity contribution in [3.63, 3.8) is 0 Å². The fourth-order valence-corrected chi connectivity index (χ4v) is 1.60. The monoisotopic (exact) mass is 299 g/mol. The molecule has 0 unspecified atom stereocenters. The summed E-state index contributed by atoms with van der Waals surface area (Å²) in [5.74, 6) is 0.141. The number of halogens is 1. The summed E-state index contributed by atoms with van der Waals surface area (Å²) in [6, 6.07) is 6.39. The number of aromatic hydroxyl groups is 1. The standard InChI is InChI=1S/C12H13NO3.BrH/c1-2-13-7-9-10(14)5-3-8-4-6-11(15)16-12(8)9;/h3-6,13-14H,2,7H2,1H3;1H. The smallest absolute Gasteiger partial charge is 0.336 e. The molecule has 0 radical (unpaired) electrons. The third kappa shape index (κ3) is 2.87. The average molecular weight is 300 g/mol. The lowest BCUT2D eigenvalue weighted by Gasteiger charge is -2.07. The molecule has 0 bridgehead atoms. The predicted octanol–water partition coefficient (Wildman–Crippen LogP) is 2.19. The number of rotatable bonds is 3. The van der Waals surface area contributed by atoms with Crippen LogP contribution in [0.3, 0.4) is 0 Å². The van der Waals surface area contributed by atoms with E-state index < -0.39 is 5.63 Å². The van der Waals surface area contributed by atoms with Gasteiger partial charge in [0.05, 0.1) is 5.56 Å². The van der Waals surface area contributed by atoms with Crippen molar-refractivity contribution in [3.05, 3.63) is 40.2 Å². The molecule has 0 atom stereocenters. The zero-order valence-electron chi connectivity index (χ0n) is 9.40. The van der Waals surface area contributed by atoms with Crippen LogP contribution in [0.5, 0.6) is 5.75 Å². The van der Waals surface area contributed by atoms with Crippen molar-refractivity contribution in [2.24, 2.45) is 0 Å². The lowest BCUT2D eigenvalue weighted by Crippen LogP contribution is -2.12. The third-order valence-electron chi connectivity index (χ3n) is 2.42. The molecule has 0 saturated carbocycles. The number of fused-ring (bicyclic) bond motifs is 1. The molecule has 1 aromatic carbocycles. The quantitative estimate of drug-likeness (QED) is 0.853. The van der Waals surface area contributed by atoms with Gasteiger partial charge in [0.15, 0.2) is 0 Å². The van der Waals surface area contributed by atoms with Gasteiger partial charge in [0.25, 0.3) is 0 Å². The molecular weight excluding hydrogens is 286 g/mol. The van der Waals surface area contributed by atoms with Crippen LogP contribution < -0.4 is 10.9 Å². The summed E-state index contributed by atoms with van der Waals surface area (Å²) in [6.45, 7) is 3.23. The van der Waals surface area contributed by atoms with Gasteiger partial charge >= 0.3 is 5.63 Å². The van der Waals surface area contributed by atoms with Crippen LogP contribution in [0.15, 0.2) is 33.5 Å². The van der Waals surface area contributed by atoms with Crippen molar-refractivity contribution in [3.8, 4) is 5.75 Å². The van der Waals surface area contributed by atoms with Crippen LogP contribution in [0.25, 0.3) is 11.0 Å². The Morgan fingerprint density at radius 2 is 2.00 bits per heavy atom. The van der Waals surface area contributed by atoms with Crippen molar-refractivity contribution in [1.29, 1.82) is 0 Å². The van der Waals surface area contributed by atoms with Crippen molar-refractivity contribution in [2.45, 2.75) is 13.5 Å². The summed E-state index contributed by atoms with van der Waals surface area (Å²) in [6.07, 6.45) is 0. The van der Waals surface area contributed by atoms with Crippen molar-refractivity contribution >= 4 is 28.0 Å². The minimum atomic E-state index is -0.407. The highest BCUT2D eigenvalue weighted by Crippen LogP contribution is 2.25. The van der Waals surface area contributed by atoms with E-state index in [9.17, 15) is 9.90 Å². The van der Waals surface area contributed by atoms with Crippen molar-refractivity contribution < 1.29 is 9.52 Å². The summed E-state index contributed by atoms with van der Waals surface area (Å²) in [4.78, 5) is 11.2. The van der Waals surface area contributed by atoms with Crippen LogP contribution in [-0.4, -0.2) is 11.7 Å². The Labute approximate surface area is 109 Å². The molecule has 0 aliphatic rings. The van der Waals surface area contributed by atoms with Gasteiger partial charge in [-0.05, 0) is 24.7 Å². The first kappa shape index (κ1) is 13.7. The normalized spacial score (nSPS) is 10.2. The molecule has 17 heavy (non-hydrogen) atoms. The fourth-order valence-electron chi connectivity index (χ4n) is 1.60. The van der Waals surface area contributed by atoms with E-state index >= 15 is 0 Å². The second kappa shape index (κ2) is 5.84. The third-order valence-corrected chi connectivity index (χ3v) is 2.42. The van der Waals surface area contributed by atoms with E-state index in [0.29, 0.717) is 17.7 Å². The van der Waals surface area contributed by atoms with Gasteiger partial charge in [-0.25, -0.2) is 4.79 Å². The van der Waals surface area contributed by atoms with Crippen LogP contribution in [0.4, 0.5) is 0 Å². The first-order chi connectivity index (χ1) is 7.72. The van der Waals surface area contributed by atoms with Crippen molar-refractivity contribution in [1.82, 2.24) is 5.32 Å². The predicted molar refractivity (Wildman–Crippen MR) is 71.9 cm³/mol. The Balaban J connectivity index is 0.00000144. The highest BCUT2D eigenvalue weighted by Gasteiger charge is 2.08. The topological polar surface area (TPSA) is 62.5 Å². The molecule has 0 amide bonds. The largest absolute Gasteiger partial charge is 0.507 e. The number of hydrogen-bond acceptors (Lipinski definition) is 4. The molecule has 0 aliphatic carbocycles. The molecule has 0 fully saturated rings. The van der Waals surface area contributed by atoms with Gasteiger partial charge in [0.1, 0.15) is 11.3 Å². The molecule has 2 rings (SSSR count). The highest BCUT2D eigenvalue weighted by molar-refractivity contribution is 8.93. The van der Waals surface area contributed by atoms with Gasteiger partial charge in [0.2, 0.25) is 0 Å². The van der Waals surface area contributed by atoms with E-state index in [1.807, 2.05) is 6.92 Å². The van der Waals surface area contributed by atoms with Gasteiger partial charge < -0.3 is 14.8 Å². The molecular formula is C12H14BrNO3. The Morgan fingerprint density at radius 3 is 2.71 bits per heavy atom. The van der Waals surface area contributed by atoms with Crippen LogP contribution in [-0.2, 0) is 6.54 Å². The van der Waals surface area contributed by atoms with Crippen LogP contribution in [0.1, 0.15) is 12.5 Å². The maximum Gasteiger partial charge on any atom is 0.336 e. The van der Waals surface area contributed by atoms with Gasteiger partial charge in [-0.1, -0.05) is 6.92 Å². The van der Waals surface area contributed by atoms with E-state index in [1.54, 1.807) is 18.2 Å². The first-order valence-electron chi connectivity index (χ1n) is 5.18. The van der Waals surface area contributed by atoms with Crippen LogP contribution >= 0.6 is 17.0 Å². The summed E-state index contributed by atoms with van der Waals surface area (Å²) < 4.78 is 5.12. The van der Waals surface area contributed by atoms with Gasteiger partial charge in [0, 0.05) is 18.0 Å². The molecule has 0 spiro atoms. The molecule has 2 N–H and O–H groups in total. The number of nitrogens with one attached hydrogen (secondary N) is 1. The first-order valence-corrected chi connectivity index (χ1v) is 5.18. The molecule has 2 aromatic rings. The Kier molecular flexibility index (Phi) is 4.72. The molecule has 0 saturated heterocycles. The minimum Gasteiger partial charge on any atom is -0.507 e. The zero-order chi connectivity index (χ0) is 11.5. The summed E-state index contributed by atoms with van der Waals surface area (Å²) >= 11 is 0. The Bertz CT molecular complexity index is 565. The van der Waals surface area contributed by atoms with Crippen LogP contribution in [0, 0.1) is 0 Å². The lowest BCUT2D eigenvalue weighted by atomic mass is 10.1. The van der Waals surface area contributed by atoms with E-state index in [0.717, 1.165) is 11.9 Å². The number of phenols is 1. The van der Waals surface area contributed by atoms with E-state index in [4.69, 9.17) is 4.42 Å². The van der Waals surface area contributed by atoms with E-state index in [-0.39, 0.29) is 22.7 Å². The van der Waals surface area contributed by atoms with Gasteiger partial charge in [-0.2, -0.15) is 0 Å². The molecule has 1 heterocycles. The van der Waals surface area contributed by atoms with Gasteiger partial charge in [-0.15, -0.1) is 17.0 Å². The zero-order valence-corrected chi connectivity index (χ0v) is 11.1. The maximum absolute atomic E-state index is 11.2. The fraction of sp³-hybridized carbons (Fsp3) is 0.250.